The Balaban J connectivity index is 1.58. The van der Waals surface area contributed by atoms with Crippen molar-refractivity contribution in [3.05, 3.63) is 36.7 Å². The molecule has 0 spiro atoms. The first-order valence-electron chi connectivity index (χ1n) is 12.9. The van der Waals surface area contributed by atoms with Crippen molar-refractivity contribution >= 4 is 36.6 Å². The van der Waals surface area contributed by atoms with Crippen LogP contribution in [0, 0.1) is 0 Å². The molecule has 4 rings (SSSR count). The Kier molecular flexibility index (Phi) is 8.85. The molecule has 0 radical (unpaired) electrons. The molecule has 16 heteroatoms. The molecule has 1 aromatic carbocycles. The van der Waals surface area contributed by atoms with E-state index < -0.39 is 56.6 Å². The lowest BCUT2D eigenvalue weighted by molar-refractivity contribution is -0.149. The third-order valence-corrected chi connectivity index (χ3v) is 7.88. The number of aliphatic hydroxyl groups excluding tert-OH is 1. The Hall–Kier alpha value is -3.36. The summed E-state index contributed by atoms with van der Waals surface area (Å²) in [5, 5.41) is 13.5. The number of nitrogens with two attached hydrogens (primary N) is 1. The van der Waals surface area contributed by atoms with Gasteiger partial charge in [0.1, 0.15) is 23.5 Å². The normalized spacial score (nSPS) is 24.8. The monoisotopic (exact) mass is 595 g/mol. The van der Waals surface area contributed by atoms with Gasteiger partial charge in [-0.25, -0.2) is 13.9 Å². The van der Waals surface area contributed by atoms with Crippen molar-refractivity contribution in [1.82, 2.24) is 24.6 Å². The summed E-state index contributed by atoms with van der Waals surface area (Å²) < 4.78 is 53.2. The number of esters is 1. The highest BCUT2D eigenvalue weighted by molar-refractivity contribution is 7.52. The van der Waals surface area contributed by atoms with Gasteiger partial charge in [-0.15, -0.1) is 0 Å². The summed E-state index contributed by atoms with van der Waals surface area (Å²) in [6, 6.07) is 7.05. The van der Waals surface area contributed by atoms with Crippen molar-refractivity contribution < 1.29 is 37.4 Å². The standard InChI is InChI=1S/C25H35FN7O7P/c1-14(2)38-23(35)15(3)31-41(36,40-16-10-8-7-9-11-16)37-12-25(4)19(34)17(26)22(39-25)33-13-28-18-20(32(5)6)29-24(27)30-21(18)33/h7-11,13-15,17,19,22,34H,12H2,1-6H3,(H,31,36)(H2,27,29,30)/t15-,17-,19-,22+,25+,41?/m0/s1. The van der Waals surface area contributed by atoms with E-state index in [0.717, 1.165) is 0 Å². The summed E-state index contributed by atoms with van der Waals surface area (Å²) in [5.74, 6) is -0.136. The Bertz CT molecular complexity index is 1430. The summed E-state index contributed by atoms with van der Waals surface area (Å²) >= 11 is 0. The molecule has 4 N–H and O–H groups in total. The summed E-state index contributed by atoms with van der Waals surface area (Å²) in [5.41, 5.74) is 4.72. The molecule has 1 aliphatic heterocycles. The number of alkyl halides is 1. The van der Waals surface area contributed by atoms with Gasteiger partial charge in [-0.3, -0.25) is 13.9 Å². The topological polar surface area (TPSA) is 176 Å². The lowest BCUT2D eigenvalue weighted by atomic mass is 9.99. The van der Waals surface area contributed by atoms with E-state index in [0.29, 0.717) is 11.3 Å². The predicted octanol–water partition coefficient (Wildman–Crippen LogP) is 2.59. The summed E-state index contributed by atoms with van der Waals surface area (Å²) in [6.07, 6.45) is -4.14. The van der Waals surface area contributed by atoms with Gasteiger partial charge in [0.25, 0.3) is 0 Å². The van der Waals surface area contributed by atoms with E-state index in [-0.39, 0.29) is 17.3 Å². The third kappa shape index (κ3) is 6.60. The zero-order valence-corrected chi connectivity index (χ0v) is 24.5. The van der Waals surface area contributed by atoms with Crippen LogP contribution in [-0.2, 0) is 23.4 Å². The number of anilines is 2. The number of hydrogen-bond donors (Lipinski definition) is 3. The highest BCUT2D eigenvalue weighted by Crippen LogP contribution is 2.48. The lowest BCUT2D eigenvalue weighted by Gasteiger charge is -2.30. The van der Waals surface area contributed by atoms with Crippen molar-refractivity contribution in [2.24, 2.45) is 0 Å². The Morgan fingerprint density at radius 1 is 1.29 bits per heavy atom. The molecular weight excluding hydrogens is 560 g/mol. The van der Waals surface area contributed by atoms with Gasteiger partial charge in [0.2, 0.25) is 5.95 Å². The average molecular weight is 596 g/mol. The van der Waals surface area contributed by atoms with Crippen LogP contribution in [0.2, 0.25) is 0 Å². The number of halogens is 1. The molecule has 0 amide bonds. The maximum absolute atomic E-state index is 15.6. The molecule has 1 unspecified atom stereocenters. The van der Waals surface area contributed by atoms with Gasteiger partial charge in [0.05, 0.1) is 19.0 Å². The molecule has 41 heavy (non-hydrogen) atoms. The quantitative estimate of drug-likeness (QED) is 0.218. The van der Waals surface area contributed by atoms with Crippen molar-refractivity contribution in [2.75, 3.05) is 31.3 Å². The molecule has 2 aromatic heterocycles. The number of ether oxygens (including phenoxy) is 2. The second-order valence-corrected chi connectivity index (χ2v) is 12.0. The minimum atomic E-state index is -4.31. The van der Waals surface area contributed by atoms with Crippen LogP contribution in [0.1, 0.15) is 33.9 Å². The molecule has 14 nitrogen and oxygen atoms in total. The molecule has 0 saturated carbocycles. The molecule has 6 atom stereocenters. The predicted molar refractivity (Wildman–Crippen MR) is 148 cm³/mol. The molecule has 1 aliphatic rings. The number of hydrogen-bond acceptors (Lipinski definition) is 12. The molecular formula is C25H35FN7O7P. The minimum Gasteiger partial charge on any atom is -0.462 e. The number of rotatable bonds is 11. The fraction of sp³-hybridized carbons (Fsp3) is 0.520. The van der Waals surface area contributed by atoms with E-state index in [9.17, 15) is 14.5 Å². The Morgan fingerprint density at radius 2 is 1.98 bits per heavy atom. The van der Waals surface area contributed by atoms with Crippen LogP contribution in [-0.4, -0.2) is 81.3 Å². The number of carbonyl (C=O) groups is 1. The van der Waals surface area contributed by atoms with Crippen molar-refractivity contribution in [3.8, 4) is 5.75 Å². The van der Waals surface area contributed by atoms with Crippen LogP contribution < -0.4 is 20.2 Å². The number of carbonyl (C=O) groups excluding carboxylic acids is 1. The molecule has 224 valence electrons. The molecule has 0 bridgehead atoms. The van der Waals surface area contributed by atoms with Gasteiger partial charge >= 0.3 is 13.7 Å². The summed E-state index contributed by atoms with van der Waals surface area (Å²) in [4.78, 5) is 26.8. The molecule has 3 heterocycles. The van der Waals surface area contributed by atoms with Gasteiger partial charge in [-0.2, -0.15) is 15.1 Å². The zero-order valence-electron chi connectivity index (χ0n) is 23.6. The SMILES string of the molecule is CC(C)OC(=O)[C@H](C)NP(=O)(OC[C@@]1(C)O[C@@H](n2cnc3c(N(C)C)nc(N)nc32)[C@@H](F)[C@@H]1O)Oc1ccccc1. The first-order valence-corrected chi connectivity index (χ1v) is 14.4. The lowest BCUT2D eigenvalue weighted by Crippen LogP contribution is -2.44. The van der Waals surface area contributed by atoms with Crippen LogP contribution in [0.5, 0.6) is 5.75 Å². The third-order valence-electron chi connectivity index (χ3n) is 6.25. The molecule has 3 aromatic rings. The first-order chi connectivity index (χ1) is 19.2. The second kappa shape index (κ2) is 11.9. The second-order valence-electron chi connectivity index (χ2n) is 10.3. The van der Waals surface area contributed by atoms with Crippen LogP contribution in [0.4, 0.5) is 16.2 Å². The van der Waals surface area contributed by atoms with Crippen LogP contribution in [0.15, 0.2) is 36.7 Å². The molecule has 1 fully saturated rings. The molecule has 1 saturated heterocycles. The zero-order chi connectivity index (χ0) is 30.1. The van der Waals surface area contributed by atoms with E-state index in [4.69, 9.17) is 24.3 Å². The highest BCUT2D eigenvalue weighted by Gasteiger charge is 2.55. The number of imidazole rings is 1. The van der Waals surface area contributed by atoms with Crippen LogP contribution >= 0.6 is 7.75 Å². The average Bonchev–Trinajstić information content (AvgIpc) is 3.41. The van der Waals surface area contributed by atoms with E-state index in [1.54, 1.807) is 63.2 Å². The van der Waals surface area contributed by atoms with Crippen molar-refractivity contribution in [3.63, 3.8) is 0 Å². The number of nitrogens with zero attached hydrogens (tertiary/aromatic N) is 5. The smallest absolute Gasteiger partial charge is 0.459 e. The Morgan fingerprint density at radius 3 is 2.61 bits per heavy atom. The summed E-state index contributed by atoms with van der Waals surface area (Å²) in [7, 11) is -0.814. The van der Waals surface area contributed by atoms with Crippen molar-refractivity contribution in [1.29, 1.82) is 0 Å². The Labute approximate surface area is 236 Å². The number of aromatic nitrogens is 4. The summed E-state index contributed by atoms with van der Waals surface area (Å²) in [6.45, 7) is 5.61. The van der Waals surface area contributed by atoms with Crippen LogP contribution in [0.3, 0.4) is 0 Å². The highest BCUT2D eigenvalue weighted by atomic mass is 31.2. The largest absolute Gasteiger partial charge is 0.462 e. The fourth-order valence-electron chi connectivity index (χ4n) is 4.20. The van der Waals surface area contributed by atoms with Gasteiger partial charge < -0.3 is 29.7 Å². The van der Waals surface area contributed by atoms with Gasteiger partial charge in [0.15, 0.2) is 29.4 Å². The number of para-hydroxylation sites is 1. The number of aliphatic hydroxyl groups is 1. The van der Waals surface area contributed by atoms with E-state index in [1.165, 1.54) is 24.7 Å². The van der Waals surface area contributed by atoms with Gasteiger partial charge in [0, 0.05) is 14.1 Å². The number of nitrogens with one attached hydrogen (secondary N) is 1. The van der Waals surface area contributed by atoms with E-state index in [1.807, 2.05) is 0 Å². The number of nitrogen functional groups attached to an aromatic ring is 1. The molecule has 0 aliphatic carbocycles. The van der Waals surface area contributed by atoms with Gasteiger partial charge in [-0.05, 0) is 39.8 Å². The fourth-order valence-corrected chi connectivity index (χ4v) is 5.78. The van der Waals surface area contributed by atoms with E-state index >= 15 is 4.39 Å². The van der Waals surface area contributed by atoms with Gasteiger partial charge in [-0.1, -0.05) is 18.2 Å². The van der Waals surface area contributed by atoms with E-state index in [2.05, 4.69) is 20.0 Å². The van der Waals surface area contributed by atoms with Crippen LogP contribution in [0.25, 0.3) is 11.2 Å². The maximum Gasteiger partial charge on any atom is 0.459 e. The van der Waals surface area contributed by atoms with Crippen molar-refractivity contribution in [2.45, 2.75) is 63.9 Å². The minimum absolute atomic E-state index is 0.0572. The first kappa shape index (κ1) is 30.6. The number of fused-ring (bicyclic) bond motifs is 1. The maximum atomic E-state index is 15.6. The number of benzene rings is 1.